The number of carbonyl (C=O) groups excluding carboxylic acids is 2. The fourth-order valence-electron chi connectivity index (χ4n) is 6.41. The van der Waals surface area contributed by atoms with Crippen LogP contribution in [0, 0.1) is 5.92 Å². The Morgan fingerprint density at radius 1 is 0.900 bits per heavy atom. The van der Waals surface area contributed by atoms with E-state index in [2.05, 4.69) is 46.7 Å². The molecule has 204 valence electrons. The smallest absolute Gasteiger partial charge is 0.407 e. The lowest BCUT2D eigenvalue weighted by Crippen LogP contribution is -2.47. The van der Waals surface area contributed by atoms with Gasteiger partial charge in [0.2, 0.25) is 0 Å². The van der Waals surface area contributed by atoms with Gasteiger partial charge in [-0.25, -0.2) is 9.78 Å². The van der Waals surface area contributed by atoms with Gasteiger partial charge in [0.05, 0.1) is 25.0 Å². The number of imidazole rings is 1. The second kappa shape index (κ2) is 11.4. The van der Waals surface area contributed by atoms with Crippen LogP contribution in [-0.2, 0) is 9.53 Å². The average Bonchev–Trinajstić information content (AvgIpc) is 3.66. The van der Waals surface area contributed by atoms with E-state index in [1.165, 1.54) is 19.1 Å². The lowest BCUT2D eigenvalue weighted by Gasteiger charge is -2.36. The van der Waals surface area contributed by atoms with E-state index < -0.39 is 12.1 Å². The highest BCUT2D eigenvalue weighted by atomic mass is 16.5. The predicted molar refractivity (Wildman–Crippen MR) is 154 cm³/mol. The van der Waals surface area contributed by atoms with E-state index in [1.807, 2.05) is 59.6 Å². The lowest BCUT2D eigenvalue weighted by atomic mass is 9.84. The minimum Gasteiger partial charge on any atom is -0.453 e. The van der Waals surface area contributed by atoms with Crippen LogP contribution in [0.25, 0.3) is 22.4 Å². The van der Waals surface area contributed by atoms with E-state index in [0.29, 0.717) is 5.92 Å². The van der Waals surface area contributed by atoms with Crippen LogP contribution in [0.2, 0.25) is 0 Å². The summed E-state index contributed by atoms with van der Waals surface area (Å²) in [6.45, 7) is 0. The molecular formula is C33H34N4O3. The largest absolute Gasteiger partial charge is 0.453 e. The van der Waals surface area contributed by atoms with Gasteiger partial charge in [0.25, 0.3) is 5.91 Å². The number of benzene rings is 3. The van der Waals surface area contributed by atoms with E-state index in [0.717, 1.165) is 53.9 Å². The summed E-state index contributed by atoms with van der Waals surface area (Å²) < 4.78 is 4.88. The molecule has 7 nitrogen and oxygen atoms in total. The highest BCUT2D eigenvalue weighted by Gasteiger charge is 2.48. The Hall–Kier alpha value is -4.39. The third-order valence-corrected chi connectivity index (χ3v) is 8.38. The first-order valence-electron chi connectivity index (χ1n) is 14.0. The highest BCUT2D eigenvalue weighted by Crippen LogP contribution is 2.47. The van der Waals surface area contributed by atoms with Crippen LogP contribution in [-0.4, -0.2) is 40.0 Å². The number of carbonyl (C=O) groups is 2. The SMILES string of the molecule is COC(=O)NC(C(=O)N1C(c2ncc(-c3ccc(-c4ccccc4)cc3)[nH]2)CC2CCCCC21)c1ccccc1. The molecule has 2 aliphatic rings. The Balaban J connectivity index is 1.30. The molecule has 2 N–H and O–H groups in total. The van der Waals surface area contributed by atoms with Crippen LogP contribution in [0.15, 0.2) is 91.1 Å². The number of nitrogens with one attached hydrogen (secondary N) is 2. The van der Waals surface area contributed by atoms with Crippen molar-refractivity contribution in [1.29, 1.82) is 0 Å². The van der Waals surface area contributed by atoms with Crippen molar-refractivity contribution in [3.63, 3.8) is 0 Å². The minimum atomic E-state index is -0.836. The maximum Gasteiger partial charge on any atom is 0.407 e. The topological polar surface area (TPSA) is 87.3 Å². The number of hydrogen-bond acceptors (Lipinski definition) is 4. The van der Waals surface area contributed by atoms with Gasteiger partial charge in [0.1, 0.15) is 11.9 Å². The Bertz CT molecular complexity index is 1450. The van der Waals surface area contributed by atoms with E-state index in [-0.39, 0.29) is 18.0 Å². The molecule has 2 amide bonds. The molecule has 1 saturated heterocycles. The van der Waals surface area contributed by atoms with Crippen LogP contribution in [0.5, 0.6) is 0 Å². The third-order valence-electron chi connectivity index (χ3n) is 8.38. The van der Waals surface area contributed by atoms with Crippen LogP contribution in [0.1, 0.15) is 55.6 Å². The fourth-order valence-corrected chi connectivity index (χ4v) is 6.41. The summed E-state index contributed by atoms with van der Waals surface area (Å²) in [7, 11) is 1.31. The zero-order valence-corrected chi connectivity index (χ0v) is 22.6. The van der Waals surface area contributed by atoms with Gasteiger partial charge in [-0.1, -0.05) is 97.8 Å². The zero-order valence-electron chi connectivity index (χ0n) is 22.6. The van der Waals surface area contributed by atoms with Crippen molar-refractivity contribution in [3.05, 3.63) is 103 Å². The molecule has 40 heavy (non-hydrogen) atoms. The van der Waals surface area contributed by atoms with Crippen LogP contribution >= 0.6 is 0 Å². The van der Waals surface area contributed by atoms with Gasteiger partial charge in [0.15, 0.2) is 0 Å². The van der Waals surface area contributed by atoms with E-state index in [4.69, 9.17) is 9.72 Å². The molecule has 4 unspecified atom stereocenters. The van der Waals surface area contributed by atoms with Crippen LogP contribution in [0.4, 0.5) is 4.79 Å². The summed E-state index contributed by atoms with van der Waals surface area (Å²) in [5.74, 6) is 1.08. The van der Waals surface area contributed by atoms with Gasteiger partial charge < -0.3 is 19.9 Å². The summed E-state index contributed by atoms with van der Waals surface area (Å²) in [4.78, 5) is 36.9. The van der Waals surface area contributed by atoms with Gasteiger partial charge >= 0.3 is 6.09 Å². The van der Waals surface area contributed by atoms with Crippen molar-refractivity contribution < 1.29 is 14.3 Å². The van der Waals surface area contributed by atoms with Crippen LogP contribution in [0.3, 0.4) is 0 Å². The first kappa shape index (κ1) is 25.9. The van der Waals surface area contributed by atoms with Crippen molar-refractivity contribution in [3.8, 4) is 22.4 Å². The molecule has 2 fully saturated rings. The van der Waals surface area contributed by atoms with Gasteiger partial charge in [0, 0.05) is 6.04 Å². The minimum absolute atomic E-state index is 0.121. The molecule has 3 aromatic carbocycles. The Morgan fingerprint density at radius 2 is 1.55 bits per heavy atom. The van der Waals surface area contributed by atoms with E-state index in [1.54, 1.807) is 0 Å². The number of nitrogens with zero attached hydrogens (tertiary/aromatic N) is 2. The predicted octanol–water partition coefficient (Wildman–Crippen LogP) is 6.67. The normalized spacial score (nSPS) is 20.9. The number of hydrogen-bond donors (Lipinski definition) is 2. The Labute approximate surface area is 234 Å². The molecule has 0 radical (unpaired) electrons. The summed E-state index contributed by atoms with van der Waals surface area (Å²) >= 11 is 0. The first-order chi connectivity index (χ1) is 19.6. The van der Waals surface area contributed by atoms with Gasteiger partial charge in [-0.05, 0) is 47.4 Å². The molecular weight excluding hydrogens is 500 g/mol. The first-order valence-corrected chi connectivity index (χ1v) is 14.0. The Morgan fingerprint density at radius 3 is 2.27 bits per heavy atom. The number of aromatic amines is 1. The monoisotopic (exact) mass is 534 g/mol. The summed E-state index contributed by atoms with van der Waals surface area (Å²) in [6.07, 6.45) is 6.42. The van der Waals surface area contributed by atoms with Crippen molar-refractivity contribution in [1.82, 2.24) is 20.2 Å². The quantitative estimate of drug-likeness (QED) is 0.289. The van der Waals surface area contributed by atoms with Crippen molar-refractivity contribution in [2.45, 2.75) is 50.2 Å². The fraction of sp³-hybridized carbons (Fsp3) is 0.303. The van der Waals surface area contributed by atoms with E-state index in [9.17, 15) is 9.59 Å². The summed E-state index contributed by atoms with van der Waals surface area (Å²) in [5, 5.41) is 2.79. The highest BCUT2D eigenvalue weighted by molar-refractivity contribution is 5.87. The molecule has 4 aromatic rings. The van der Waals surface area contributed by atoms with Crippen molar-refractivity contribution in [2.24, 2.45) is 5.92 Å². The molecule has 1 aromatic heterocycles. The number of amides is 2. The molecule has 1 saturated carbocycles. The molecule has 1 aliphatic heterocycles. The number of fused-ring (bicyclic) bond motifs is 1. The number of H-pyrrole nitrogens is 1. The van der Waals surface area contributed by atoms with Gasteiger partial charge in [-0.15, -0.1) is 0 Å². The van der Waals surface area contributed by atoms with Gasteiger partial charge in [-0.3, -0.25) is 4.79 Å². The molecule has 0 bridgehead atoms. The molecule has 6 rings (SSSR count). The van der Waals surface area contributed by atoms with Crippen molar-refractivity contribution >= 4 is 12.0 Å². The third kappa shape index (κ3) is 5.11. The molecule has 7 heteroatoms. The van der Waals surface area contributed by atoms with Crippen molar-refractivity contribution in [2.75, 3.05) is 7.11 Å². The average molecular weight is 535 g/mol. The van der Waals surface area contributed by atoms with E-state index >= 15 is 0 Å². The maximum atomic E-state index is 14.3. The number of alkyl carbamates (subject to hydrolysis) is 1. The standard InChI is InChI=1S/C33H34N4O3/c1-40-33(39)36-30(25-12-6-3-7-13-25)32(38)37-28-15-9-8-14-26(28)20-29(37)31-34-21-27(35-31)24-18-16-23(17-19-24)22-10-4-2-5-11-22/h2-7,10-13,16-19,21,26,28-30H,8-9,14-15,20H2,1H3,(H,34,35)(H,36,39). The second-order valence-electron chi connectivity index (χ2n) is 10.7. The summed E-state index contributed by atoms with van der Waals surface area (Å²) in [6, 6.07) is 27.2. The molecule has 1 aliphatic carbocycles. The zero-order chi connectivity index (χ0) is 27.5. The number of aromatic nitrogens is 2. The number of likely N-dealkylation sites (tertiary alicyclic amines) is 1. The van der Waals surface area contributed by atoms with Gasteiger partial charge in [-0.2, -0.15) is 0 Å². The lowest BCUT2D eigenvalue weighted by molar-refractivity contribution is -0.137. The molecule has 4 atom stereocenters. The number of methoxy groups -OCH3 is 1. The molecule has 0 spiro atoms. The summed E-state index contributed by atoms with van der Waals surface area (Å²) in [5.41, 5.74) is 5.03. The number of rotatable bonds is 6. The second-order valence-corrected chi connectivity index (χ2v) is 10.7. The molecule has 2 heterocycles. The number of ether oxygens (including phenoxy) is 1. The maximum absolute atomic E-state index is 14.3. The van der Waals surface area contributed by atoms with Crippen LogP contribution < -0.4 is 5.32 Å². The Kier molecular flexibility index (Phi) is 7.36.